The van der Waals surface area contributed by atoms with Gasteiger partial charge in [0, 0.05) is 35.4 Å². The largest absolute Gasteiger partial charge is 0.496 e. The maximum Gasteiger partial charge on any atom is 0.194 e. The van der Waals surface area contributed by atoms with Gasteiger partial charge in [0.15, 0.2) is 5.96 Å². The summed E-state index contributed by atoms with van der Waals surface area (Å²) in [5.41, 5.74) is 6.89. The molecule has 2 heterocycles. The normalized spacial score (nSPS) is 16.3. The van der Waals surface area contributed by atoms with Gasteiger partial charge in [-0.25, -0.2) is 4.98 Å². The monoisotopic (exact) mass is 502 g/mol. The predicted molar refractivity (Wildman–Crippen MR) is 119 cm³/mol. The Kier molecular flexibility index (Phi) is 8.12. The molecule has 8 heteroatoms. The molecule has 0 radical (unpaired) electrons. The van der Waals surface area contributed by atoms with Crippen LogP contribution in [0.2, 0.25) is 5.02 Å². The van der Waals surface area contributed by atoms with Gasteiger partial charge in [0.2, 0.25) is 0 Å². The van der Waals surface area contributed by atoms with E-state index < -0.39 is 0 Å². The number of pyridine rings is 1. The molecule has 1 aliphatic rings. The van der Waals surface area contributed by atoms with Gasteiger partial charge in [0.05, 0.1) is 13.7 Å². The number of ether oxygens (including phenoxy) is 2. The molecule has 27 heavy (non-hydrogen) atoms. The number of rotatable bonds is 5. The van der Waals surface area contributed by atoms with E-state index >= 15 is 0 Å². The molecule has 146 valence electrons. The summed E-state index contributed by atoms with van der Waals surface area (Å²) in [6.45, 7) is 1.84. The van der Waals surface area contributed by atoms with E-state index in [9.17, 15) is 0 Å². The highest BCUT2D eigenvalue weighted by Crippen LogP contribution is 2.41. The van der Waals surface area contributed by atoms with Gasteiger partial charge in [-0.1, -0.05) is 17.7 Å². The van der Waals surface area contributed by atoms with Gasteiger partial charge in [-0.3, -0.25) is 4.99 Å². The molecule has 1 saturated heterocycles. The third kappa shape index (κ3) is 5.46. The van der Waals surface area contributed by atoms with Crippen LogP contribution in [0.15, 0.2) is 47.6 Å². The minimum Gasteiger partial charge on any atom is -0.496 e. The highest BCUT2D eigenvalue weighted by Gasteiger charge is 2.37. The number of aromatic nitrogens is 1. The number of anilines is 1. The van der Waals surface area contributed by atoms with Crippen molar-refractivity contribution in [2.75, 3.05) is 32.2 Å². The number of nitrogens with zero attached hydrogens (tertiary/aromatic N) is 2. The van der Waals surface area contributed by atoms with Gasteiger partial charge in [-0.05, 0) is 43.2 Å². The summed E-state index contributed by atoms with van der Waals surface area (Å²) in [7, 11) is 1.67. The number of nitrogens with one attached hydrogen (secondary N) is 1. The Labute approximate surface area is 181 Å². The summed E-state index contributed by atoms with van der Waals surface area (Å²) in [4.78, 5) is 8.78. The molecule has 2 aromatic rings. The Morgan fingerprint density at radius 2 is 2.11 bits per heavy atom. The van der Waals surface area contributed by atoms with Crippen molar-refractivity contribution in [3.05, 3.63) is 53.2 Å². The molecule has 0 unspecified atom stereocenters. The van der Waals surface area contributed by atoms with Crippen molar-refractivity contribution in [3.63, 3.8) is 0 Å². The average Bonchev–Trinajstić information content (AvgIpc) is 2.68. The van der Waals surface area contributed by atoms with E-state index in [2.05, 4.69) is 15.3 Å². The van der Waals surface area contributed by atoms with Crippen LogP contribution in [0.25, 0.3) is 0 Å². The number of hydrogen-bond acceptors (Lipinski definition) is 4. The molecule has 0 amide bonds. The summed E-state index contributed by atoms with van der Waals surface area (Å²) in [6.07, 6.45) is 3.35. The number of benzene rings is 1. The second-order valence-corrected chi connectivity index (χ2v) is 6.72. The molecular weight excluding hydrogens is 479 g/mol. The molecule has 0 bridgehead atoms. The van der Waals surface area contributed by atoms with Gasteiger partial charge in [0.25, 0.3) is 0 Å². The molecule has 0 aliphatic carbocycles. The van der Waals surface area contributed by atoms with E-state index in [0.717, 1.165) is 24.2 Å². The van der Waals surface area contributed by atoms with Crippen molar-refractivity contribution in [2.24, 2.45) is 10.7 Å². The third-order valence-electron chi connectivity index (χ3n) is 4.66. The second kappa shape index (κ2) is 10.1. The third-order valence-corrected chi connectivity index (χ3v) is 4.89. The first-order valence-electron chi connectivity index (χ1n) is 8.53. The summed E-state index contributed by atoms with van der Waals surface area (Å²) < 4.78 is 11.1. The Morgan fingerprint density at radius 3 is 2.78 bits per heavy atom. The number of methoxy groups -OCH3 is 1. The number of aliphatic imine (C=N–C) groups is 1. The first-order chi connectivity index (χ1) is 12.6. The average molecular weight is 503 g/mol. The highest BCUT2D eigenvalue weighted by atomic mass is 127. The zero-order valence-corrected chi connectivity index (χ0v) is 18.2. The molecule has 1 aromatic heterocycles. The van der Waals surface area contributed by atoms with Crippen molar-refractivity contribution < 1.29 is 9.47 Å². The highest BCUT2D eigenvalue weighted by molar-refractivity contribution is 14.0. The summed E-state index contributed by atoms with van der Waals surface area (Å²) in [6, 6.07) is 11.3. The van der Waals surface area contributed by atoms with E-state index in [0.29, 0.717) is 36.6 Å². The summed E-state index contributed by atoms with van der Waals surface area (Å²) >= 11 is 6.26. The van der Waals surface area contributed by atoms with E-state index in [4.69, 9.17) is 26.8 Å². The maximum absolute atomic E-state index is 6.26. The lowest BCUT2D eigenvalue weighted by molar-refractivity contribution is 0.0523. The lowest BCUT2D eigenvalue weighted by Gasteiger charge is -2.37. The van der Waals surface area contributed by atoms with E-state index in [1.54, 1.807) is 13.3 Å². The second-order valence-electron chi connectivity index (χ2n) is 6.28. The van der Waals surface area contributed by atoms with Crippen LogP contribution in [0.5, 0.6) is 5.75 Å². The fourth-order valence-electron chi connectivity index (χ4n) is 3.21. The molecule has 0 spiro atoms. The molecule has 1 aliphatic heterocycles. The van der Waals surface area contributed by atoms with Crippen molar-refractivity contribution in [3.8, 4) is 5.75 Å². The van der Waals surface area contributed by atoms with Crippen molar-refractivity contribution in [1.29, 1.82) is 0 Å². The SMILES string of the molecule is COc1ccc(Cl)cc1C1(CN=C(N)Nc2ccccn2)CCOCC1.I. The smallest absolute Gasteiger partial charge is 0.194 e. The number of nitrogens with two attached hydrogens (primary N) is 1. The Morgan fingerprint density at radius 1 is 1.33 bits per heavy atom. The number of halogens is 2. The summed E-state index contributed by atoms with van der Waals surface area (Å²) in [5, 5.41) is 3.69. The van der Waals surface area contributed by atoms with Crippen molar-refractivity contribution in [1.82, 2.24) is 4.98 Å². The quantitative estimate of drug-likeness (QED) is 0.369. The van der Waals surface area contributed by atoms with Crippen LogP contribution in [0, 0.1) is 0 Å². The Balaban J connectivity index is 0.00000261. The minimum absolute atomic E-state index is 0. The van der Waals surface area contributed by atoms with Crippen LogP contribution in [0.1, 0.15) is 18.4 Å². The lowest BCUT2D eigenvalue weighted by Crippen LogP contribution is -2.38. The number of guanidine groups is 1. The molecule has 0 saturated carbocycles. The van der Waals surface area contributed by atoms with E-state index in [1.165, 1.54) is 0 Å². The van der Waals surface area contributed by atoms with Gasteiger partial charge in [-0.15, -0.1) is 24.0 Å². The van der Waals surface area contributed by atoms with Gasteiger partial charge < -0.3 is 20.5 Å². The van der Waals surface area contributed by atoms with Gasteiger partial charge >= 0.3 is 0 Å². The number of hydrogen-bond donors (Lipinski definition) is 2. The minimum atomic E-state index is -0.231. The van der Waals surface area contributed by atoms with Crippen LogP contribution in [0.4, 0.5) is 5.82 Å². The van der Waals surface area contributed by atoms with Crippen LogP contribution >= 0.6 is 35.6 Å². The van der Waals surface area contributed by atoms with E-state index in [-0.39, 0.29) is 29.4 Å². The van der Waals surface area contributed by atoms with Gasteiger partial charge in [-0.2, -0.15) is 0 Å². The molecule has 1 aromatic carbocycles. The predicted octanol–water partition coefficient (Wildman–Crippen LogP) is 3.84. The Bertz CT molecular complexity index is 768. The Hall–Kier alpha value is -1.58. The van der Waals surface area contributed by atoms with Crippen molar-refractivity contribution in [2.45, 2.75) is 18.3 Å². The molecular formula is C19H24ClIN4O2. The summed E-state index contributed by atoms with van der Waals surface area (Å²) in [5.74, 6) is 1.80. The first-order valence-corrected chi connectivity index (χ1v) is 8.90. The van der Waals surface area contributed by atoms with Crippen LogP contribution in [0.3, 0.4) is 0 Å². The molecule has 0 atom stereocenters. The maximum atomic E-state index is 6.26. The zero-order valence-electron chi connectivity index (χ0n) is 15.2. The lowest BCUT2D eigenvalue weighted by atomic mass is 9.73. The first kappa shape index (κ1) is 21.7. The van der Waals surface area contributed by atoms with Crippen LogP contribution in [-0.4, -0.2) is 37.8 Å². The molecule has 3 N–H and O–H groups in total. The molecule has 6 nitrogen and oxygen atoms in total. The van der Waals surface area contributed by atoms with E-state index in [1.807, 2.05) is 36.4 Å². The molecule has 3 rings (SSSR count). The van der Waals surface area contributed by atoms with Gasteiger partial charge in [0.1, 0.15) is 11.6 Å². The molecule has 1 fully saturated rings. The fraction of sp³-hybridized carbons (Fsp3) is 0.368. The fourth-order valence-corrected chi connectivity index (χ4v) is 3.39. The zero-order chi connectivity index (χ0) is 18.4. The van der Waals surface area contributed by atoms with Crippen molar-refractivity contribution >= 4 is 47.4 Å². The standard InChI is InChI=1S/C19H23ClN4O2.HI/c1-25-16-6-5-14(20)12-15(16)19(7-10-26-11-8-19)13-23-18(21)24-17-4-2-3-9-22-17;/h2-6,9,12H,7-8,10-11,13H2,1H3,(H3,21,22,23,24);1H. The van der Waals surface area contributed by atoms with Crippen LogP contribution in [-0.2, 0) is 10.2 Å². The van der Waals surface area contributed by atoms with Crippen LogP contribution < -0.4 is 15.8 Å². The topological polar surface area (TPSA) is 81.8 Å².